The second kappa shape index (κ2) is 25.7. The van der Waals surface area contributed by atoms with Crippen molar-refractivity contribution in [3.63, 3.8) is 0 Å². The molecule has 10 heteroatoms. The van der Waals surface area contributed by atoms with Crippen LogP contribution in [-0.2, 0) is 70.5 Å². The number of rotatable bonds is 27. The van der Waals surface area contributed by atoms with Crippen LogP contribution in [0, 0.1) is 0 Å². The van der Waals surface area contributed by atoms with E-state index >= 15 is 4.79 Å². The van der Waals surface area contributed by atoms with Crippen molar-refractivity contribution in [1.82, 2.24) is 5.32 Å². The molecule has 1 N–H and O–H groups in total. The summed E-state index contributed by atoms with van der Waals surface area (Å²) < 4.78 is 40.2. The van der Waals surface area contributed by atoms with Crippen LogP contribution in [0.1, 0.15) is 55.5 Å². The summed E-state index contributed by atoms with van der Waals surface area (Å²) in [5.41, 5.74) is 4.61. The van der Waals surface area contributed by atoms with Gasteiger partial charge in [0.15, 0.2) is 14.4 Å². The van der Waals surface area contributed by atoms with Crippen molar-refractivity contribution >= 4 is 20.2 Å². The second-order valence-corrected chi connectivity index (χ2v) is 19.9. The van der Waals surface area contributed by atoms with Gasteiger partial charge in [0, 0.05) is 6.42 Å². The van der Waals surface area contributed by atoms with E-state index in [9.17, 15) is 4.79 Å². The molecule has 9 nitrogen and oxygen atoms in total. The van der Waals surface area contributed by atoms with Crippen LogP contribution in [0.3, 0.4) is 0 Å². The summed E-state index contributed by atoms with van der Waals surface area (Å²) in [5, 5.41) is 3.04. The number of hydrogen-bond acceptors (Lipinski definition) is 8. The van der Waals surface area contributed by atoms with Gasteiger partial charge in [0.2, 0.25) is 0 Å². The summed E-state index contributed by atoms with van der Waals surface area (Å²) in [5.74, 6) is -1.08. The predicted octanol–water partition coefficient (Wildman–Crippen LogP) is 9.64. The van der Waals surface area contributed by atoms with E-state index in [2.05, 4.69) is 26.1 Å². The van der Waals surface area contributed by atoms with Gasteiger partial charge in [-0.1, -0.05) is 172 Å². The van der Waals surface area contributed by atoms with Gasteiger partial charge in [0.1, 0.15) is 18.2 Å². The van der Waals surface area contributed by atoms with Gasteiger partial charge in [-0.05, 0) is 52.9 Å². The summed E-state index contributed by atoms with van der Waals surface area (Å²) in [6.45, 7) is 9.44. The van der Waals surface area contributed by atoms with E-state index in [0.29, 0.717) is 6.61 Å². The van der Waals surface area contributed by atoms with Gasteiger partial charge in [-0.25, -0.2) is 4.79 Å². The van der Waals surface area contributed by atoms with Gasteiger partial charge in [-0.2, -0.15) is 0 Å². The fourth-order valence-corrected chi connectivity index (χ4v) is 10.1. The largest absolute Gasteiger partial charge is 0.464 e. The molecule has 1 amide bonds. The molecule has 5 rings (SSSR count). The lowest BCUT2D eigenvalue weighted by Crippen LogP contribution is -2.59. The highest BCUT2D eigenvalue weighted by Gasteiger charge is 2.45. The number of amides is 1. The maximum absolute atomic E-state index is 15.1. The number of nitrogens with one attached hydrogen (secondary N) is 1. The van der Waals surface area contributed by atoms with Gasteiger partial charge in [-0.15, -0.1) is 0 Å². The lowest BCUT2D eigenvalue weighted by Gasteiger charge is -2.41. The van der Waals surface area contributed by atoms with Crippen LogP contribution in [0.2, 0.25) is 18.1 Å². The average Bonchev–Trinajstić information content (AvgIpc) is 3.31. The van der Waals surface area contributed by atoms with E-state index in [1.807, 2.05) is 152 Å². The van der Waals surface area contributed by atoms with Crippen molar-refractivity contribution in [3.05, 3.63) is 179 Å². The quantitative estimate of drug-likeness (QED) is 0.0412. The molecule has 0 aliphatic rings. The van der Waals surface area contributed by atoms with Crippen LogP contribution >= 0.6 is 0 Å². The van der Waals surface area contributed by atoms with Crippen LogP contribution in [0.4, 0.5) is 0 Å². The molecular weight excluding hydrogens is 783 g/mol. The molecule has 0 aliphatic heterocycles. The minimum atomic E-state index is -2.36. The normalized spacial score (nSPS) is 14.0. The van der Waals surface area contributed by atoms with E-state index < -0.39 is 50.7 Å². The van der Waals surface area contributed by atoms with Crippen molar-refractivity contribution in [2.24, 2.45) is 0 Å². The zero-order chi connectivity index (χ0) is 43.1. The Morgan fingerprint density at radius 1 is 0.525 bits per heavy atom. The second-order valence-electron chi connectivity index (χ2n) is 15.1. The summed E-state index contributed by atoms with van der Waals surface area (Å²) in [7, 11) is -2.36. The van der Waals surface area contributed by atoms with Gasteiger partial charge < -0.3 is 33.4 Å². The first kappa shape index (κ1) is 47.1. The molecule has 0 radical (unpaired) electrons. The molecule has 0 saturated carbocycles. The first-order valence-electron chi connectivity index (χ1n) is 21.6. The van der Waals surface area contributed by atoms with Crippen molar-refractivity contribution in [1.29, 1.82) is 0 Å². The molecule has 0 aliphatic carbocycles. The maximum atomic E-state index is 15.1. The SMILES string of the molecule is CCOC(=O)[C@H](Cc1ccccc1)NC(=O)[C@H](OCc1ccccc1)[C@@H](OCc1ccccc1)[C@@H](OCc1ccccc1)[C@@H](COCc1ccccc1)O[Si](CC)(CC)CC. The zero-order valence-electron chi connectivity index (χ0n) is 36.2. The number of esters is 1. The fourth-order valence-electron chi connectivity index (χ4n) is 7.31. The lowest BCUT2D eigenvalue weighted by molar-refractivity contribution is -0.190. The standard InChI is InChI=1S/C51H63NO8Si/c1-5-56-51(54)45(34-40-24-14-9-15-25-40)52-50(53)49(59-38-44-32-22-13-23-33-44)48(58-37-43-30-20-12-21-31-43)47(57-36-42-28-18-11-19-29-42)46(60-61(6-2,7-3)8-4)39-55-35-41-26-16-10-17-27-41/h9-33,45-49H,5-8,34-39H2,1-4H3,(H,52,53)/t45-,46+,47-,48-,49+/m0/s1. The molecule has 5 aromatic carbocycles. The molecule has 0 aromatic heterocycles. The van der Waals surface area contributed by atoms with Gasteiger partial charge in [-0.3, -0.25) is 4.79 Å². The van der Waals surface area contributed by atoms with E-state index in [0.717, 1.165) is 45.9 Å². The highest BCUT2D eigenvalue weighted by atomic mass is 28.4. The Bertz CT molecular complexity index is 1940. The number of carbonyl (C=O) groups excluding carboxylic acids is 2. The minimum Gasteiger partial charge on any atom is -0.464 e. The highest BCUT2D eigenvalue weighted by molar-refractivity contribution is 6.73. The zero-order valence-corrected chi connectivity index (χ0v) is 37.2. The van der Waals surface area contributed by atoms with Crippen LogP contribution in [0.25, 0.3) is 0 Å². The Kier molecular flexibility index (Phi) is 19.9. The predicted molar refractivity (Wildman–Crippen MR) is 242 cm³/mol. The third-order valence-electron chi connectivity index (χ3n) is 11.0. The molecule has 0 bridgehead atoms. The van der Waals surface area contributed by atoms with Gasteiger partial charge in [0.25, 0.3) is 5.91 Å². The summed E-state index contributed by atoms with van der Waals surface area (Å²) >= 11 is 0. The molecule has 324 valence electrons. The number of carbonyl (C=O) groups is 2. The van der Waals surface area contributed by atoms with Crippen molar-refractivity contribution in [2.45, 2.75) is 109 Å². The Labute approximate surface area is 363 Å². The number of benzene rings is 5. The van der Waals surface area contributed by atoms with Gasteiger partial charge >= 0.3 is 5.97 Å². The third kappa shape index (κ3) is 15.2. The van der Waals surface area contributed by atoms with Crippen LogP contribution < -0.4 is 5.32 Å². The molecule has 0 heterocycles. The lowest BCUT2D eigenvalue weighted by atomic mass is 10.00. The third-order valence-corrected chi connectivity index (χ3v) is 15.7. The smallest absolute Gasteiger partial charge is 0.328 e. The Balaban J connectivity index is 1.62. The van der Waals surface area contributed by atoms with E-state index in [4.69, 9.17) is 28.1 Å². The summed E-state index contributed by atoms with van der Waals surface area (Å²) in [6.07, 6.45) is -3.65. The van der Waals surface area contributed by atoms with E-state index in [1.165, 1.54) is 0 Å². The average molecular weight is 846 g/mol. The molecule has 61 heavy (non-hydrogen) atoms. The van der Waals surface area contributed by atoms with Crippen molar-refractivity contribution in [3.8, 4) is 0 Å². The Morgan fingerprint density at radius 2 is 0.934 bits per heavy atom. The van der Waals surface area contributed by atoms with Crippen LogP contribution in [0.5, 0.6) is 0 Å². The van der Waals surface area contributed by atoms with Gasteiger partial charge in [0.05, 0.1) is 45.7 Å². The molecule has 0 spiro atoms. The van der Waals surface area contributed by atoms with Crippen molar-refractivity contribution < 1.29 is 37.7 Å². The first-order chi connectivity index (χ1) is 29.9. The molecule has 5 aromatic rings. The molecule has 0 fully saturated rings. The maximum Gasteiger partial charge on any atom is 0.328 e. The first-order valence-corrected chi connectivity index (χ1v) is 24.2. The molecule has 5 atom stereocenters. The molecular formula is C51H63NO8Si. The number of hydrogen-bond donors (Lipinski definition) is 1. The topological polar surface area (TPSA) is 102 Å². The van der Waals surface area contributed by atoms with E-state index in [1.54, 1.807) is 6.92 Å². The highest BCUT2D eigenvalue weighted by Crippen LogP contribution is 2.30. The van der Waals surface area contributed by atoms with E-state index in [-0.39, 0.29) is 39.5 Å². The minimum absolute atomic E-state index is 0.0892. The summed E-state index contributed by atoms with van der Waals surface area (Å²) in [4.78, 5) is 28.7. The number of ether oxygens (including phenoxy) is 5. The Morgan fingerprint density at radius 3 is 1.38 bits per heavy atom. The molecule has 0 unspecified atom stereocenters. The fraction of sp³-hybridized carbons (Fsp3) is 0.373. The van der Waals surface area contributed by atoms with Crippen LogP contribution in [-0.4, -0.2) is 63.9 Å². The molecule has 0 saturated heterocycles. The van der Waals surface area contributed by atoms with Crippen LogP contribution in [0.15, 0.2) is 152 Å². The summed E-state index contributed by atoms with van der Waals surface area (Å²) in [6, 6.07) is 50.6. The monoisotopic (exact) mass is 845 g/mol. The van der Waals surface area contributed by atoms with Crippen molar-refractivity contribution in [2.75, 3.05) is 13.2 Å². The Hall–Kier alpha value is -4.94.